The summed E-state index contributed by atoms with van der Waals surface area (Å²) >= 11 is -0.0246. The molecule has 1 rings (SSSR count). The first-order chi connectivity index (χ1) is 6.15. The molecule has 0 radical (unpaired) electrons. The van der Waals surface area contributed by atoms with E-state index in [4.69, 9.17) is 0 Å². The molecule has 13 heavy (non-hydrogen) atoms. The molecule has 0 aliphatic carbocycles. The number of benzene rings is 1. The quantitative estimate of drug-likeness (QED) is 0.592. The summed E-state index contributed by atoms with van der Waals surface area (Å²) in [6.45, 7) is 10.4. The van der Waals surface area contributed by atoms with Gasteiger partial charge >= 0.3 is 91.3 Å². The van der Waals surface area contributed by atoms with E-state index in [0.717, 1.165) is 0 Å². The topological polar surface area (TPSA) is 0 Å². The standard InChI is InChI=1S/C12H16Te/c1-5-6-13-12-10(3)7-9(2)8-11(12)4/h5,7-8H,1,6H2,2-4H3. The van der Waals surface area contributed by atoms with Gasteiger partial charge in [-0.15, -0.1) is 0 Å². The van der Waals surface area contributed by atoms with Crippen molar-refractivity contribution >= 4 is 24.5 Å². The van der Waals surface area contributed by atoms with Crippen LogP contribution in [-0.4, -0.2) is 20.9 Å². The molecule has 0 aromatic heterocycles. The molecule has 0 aliphatic heterocycles. The zero-order chi connectivity index (χ0) is 9.84. The first kappa shape index (κ1) is 10.8. The van der Waals surface area contributed by atoms with Gasteiger partial charge in [-0.25, -0.2) is 0 Å². The molecule has 0 aliphatic rings. The Balaban J connectivity index is 2.98. The molecular formula is C12H16Te. The van der Waals surface area contributed by atoms with Gasteiger partial charge in [0.05, 0.1) is 0 Å². The average molecular weight is 288 g/mol. The fourth-order valence-electron chi connectivity index (χ4n) is 1.54. The summed E-state index contributed by atoms with van der Waals surface area (Å²) in [4.78, 5) is 0. The second-order valence-corrected chi connectivity index (χ2v) is 6.27. The predicted molar refractivity (Wildman–Crippen MR) is 61.0 cm³/mol. The van der Waals surface area contributed by atoms with Gasteiger partial charge in [-0.3, -0.25) is 0 Å². The average Bonchev–Trinajstić information content (AvgIpc) is 2.02. The van der Waals surface area contributed by atoms with Crippen molar-refractivity contribution in [2.75, 3.05) is 0 Å². The third-order valence-electron chi connectivity index (χ3n) is 1.95. The van der Waals surface area contributed by atoms with Crippen LogP contribution in [0.15, 0.2) is 24.8 Å². The van der Waals surface area contributed by atoms with Crippen LogP contribution in [0.3, 0.4) is 0 Å². The first-order valence-corrected chi connectivity index (χ1v) is 7.28. The molecule has 70 valence electrons. The molecule has 0 nitrogen and oxygen atoms in total. The minimum atomic E-state index is -0.0246. The van der Waals surface area contributed by atoms with Crippen molar-refractivity contribution in [3.8, 4) is 0 Å². The Morgan fingerprint density at radius 1 is 1.23 bits per heavy atom. The fraction of sp³-hybridized carbons (Fsp3) is 0.333. The number of rotatable bonds is 3. The number of aryl methyl sites for hydroxylation is 3. The number of hydrogen-bond acceptors (Lipinski definition) is 0. The molecule has 0 heterocycles. The van der Waals surface area contributed by atoms with Crippen LogP contribution in [0.5, 0.6) is 0 Å². The van der Waals surface area contributed by atoms with E-state index < -0.39 is 0 Å². The number of hydrogen-bond donors (Lipinski definition) is 0. The Labute approximate surface area is 91.1 Å². The van der Waals surface area contributed by atoms with Crippen LogP contribution < -0.4 is 3.61 Å². The number of allylic oxidation sites excluding steroid dienone is 1. The van der Waals surface area contributed by atoms with Gasteiger partial charge in [-0.1, -0.05) is 0 Å². The van der Waals surface area contributed by atoms with E-state index >= 15 is 0 Å². The third-order valence-corrected chi connectivity index (χ3v) is 5.76. The molecule has 1 heteroatoms. The van der Waals surface area contributed by atoms with Gasteiger partial charge in [0.2, 0.25) is 0 Å². The van der Waals surface area contributed by atoms with Crippen molar-refractivity contribution in [3.05, 3.63) is 41.5 Å². The van der Waals surface area contributed by atoms with E-state index in [2.05, 4.69) is 39.5 Å². The Hall–Kier alpha value is -0.250. The zero-order valence-corrected chi connectivity index (χ0v) is 10.9. The summed E-state index contributed by atoms with van der Waals surface area (Å²) in [6, 6.07) is 4.58. The Kier molecular flexibility index (Phi) is 4.03. The Morgan fingerprint density at radius 2 is 1.77 bits per heavy atom. The van der Waals surface area contributed by atoms with Gasteiger partial charge in [0.25, 0.3) is 0 Å². The summed E-state index contributed by atoms with van der Waals surface area (Å²) in [6.07, 6.45) is 2.04. The molecule has 0 N–H and O–H groups in total. The molecule has 1 aromatic rings. The van der Waals surface area contributed by atoms with Crippen LogP contribution in [0.1, 0.15) is 16.7 Å². The molecular weight excluding hydrogens is 272 g/mol. The van der Waals surface area contributed by atoms with Gasteiger partial charge in [-0.05, 0) is 0 Å². The van der Waals surface area contributed by atoms with E-state index in [1.165, 1.54) is 21.2 Å². The van der Waals surface area contributed by atoms with Gasteiger partial charge in [0, 0.05) is 0 Å². The normalized spacial score (nSPS) is 10.1. The maximum absolute atomic E-state index is 3.79. The monoisotopic (exact) mass is 290 g/mol. The van der Waals surface area contributed by atoms with Crippen LogP contribution in [0.25, 0.3) is 0 Å². The molecule has 0 amide bonds. The van der Waals surface area contributed by atoms with E-state index in [1.807, 2.05) is 6.08 Å². The van der Waals surface area contributed by atoms with Crippen LogP contribution in [0.4, 0.5) is 0 Å². The first-order valence-electron chi connectivity index (χ1n) is 4.46. The summed E-state index contributed by atoms with van der Waals surface area (Å²) in [5.41, 5.74) is 4.33. The van der Waals surface area contributed by atoms with Crippen LogP contribution in [-0.2, 0) is 0 Å². The van der Waals surface area contributed by atoms with E-state index in [1.54, 1.807) is 3.61 Å². The predicted octanol–water partition coefficient (Wildman–Crippen LogP) is 2.55. The SMILES string of the molecule is C=CC[Te]c1c(C)cc(C)cc1C. The van der Waals surface area contributed by atoms with Crippen molar-refractivity contribution in [1.82, 2.24) is 0 Å². The molecule has 0 fully saturated rings. The molecule has 0 spiro atoms. The van der Waals surface area contributed by atoms with E-state index in [-0.39, 0.29) is 20.9 Å². The molecule has 0 unspecified atom stereocenters. The molecule has 0 bridgehead atoms. The summed E-state index contributed by atoms with van der Waals surface area (Å²) in [5, 5.41) is 0. The van der Waals surface area contributed by atoms with Crippen LogP contribution in [0.2, 0.25) is 4.47 Å². The van der Waals surface area contributed by atoms with Gasteiger partial charge in [0.1, 0.15) is 0 Å². The maximum atomic E-state index is 3.79. The van der Waals surface area contributed by atoms with E-state index in [0.29, 0.717) is 0 Å². The van der Waals surface area contributed by atoms with Gasteiger partial charge in [0.15, 0.2) is 0 Å². The Morgan fingerprint density at radius 3 is 2.23 bits per heavy atom. The minimum absolute atomic E-state index is 0.0246. The van der Waals surface area contributed by atoms with Crippen LogP contribution >= 0.6 is 0 Å². The summed E-state index contributed by atoms with van der Waals surface area (Å²) in [7, 11) is 0. The third kappa shape index (κ3) is 2.86. The molecule has 0 saturated heterocycles. The van der Waals surface area contributed by atoms with Crippen molar-refractivity contribution in [1.29, 1.82) is 0 Å². The fourth-order valence-corrected chi connectivity index (χ4v) is 3.98. The van der Waals surface area contributed by atoms with Crippen molar-refractivity contribution < 1.29 is 0 Å². The second kappa shape index (κ2) is 4.84. The summed E-state index contributed by atoms with van der Waals surface area (Å²) < 4.78 is 2.83. The van der Waals surface area contributed by atoms with Crippen LogP contribution in [0, 0.1) is 20.8 Å². The van der Waals surface area contributed by atoms with E-state index in [9.17, 15) is 0 Å². The van der Waals surface area contributed by atoms with Gasteiger partial charge in [-0.2, -0.15) is 0 Å². The molecule has 0 saturated carbocycles. The van der Waals surface area contributed by atoms with Crippen molar-refractivity contribution in [2.45, 2.75) is 25.2 Å². The van der Waals surface area contributed by atoms with Gasteiger partial charge < -0.3 is 0 Å². The Bertz CT molecular complexity index is 290. The zero-order valence-electron chi connectivity index (χ0n) is 8.55. The van der Waals surface area contributed by atoms with Crippen molar-refractivity contribution in [3.63, 3.8) is 0 Å². The second-order valence-electron chi connectivity index (χ2n) is 3.33. The van der Waals surface area contributed by atoms with Crippen molar-refractivity contribution in [2.24, 2.45) is 0 Å². The summed E-state index contributed by atoms with van der Waals surface area (Å²) in [5.74, 6) is 0. The molecule has 1 aromatic carbocycles. The molecule has 0 atom stereocenters.